The molecule has 0 aliphatic rings. The summed E-state index contributed by atoms with van der Waals surface area (Å²) < 4.78 is 0. The molecule has 0 saturated carbocycles. The van der Waals surface area contributed by atoms with Crippen molar-refractivity contribution in [1.29, 1.82) is 0 Å². The van der Waals surface area contributed by atoms with E-state index >= 15 is 0 Å². The lowest BCUT2D eigenvalue weighted by molar-refractivity contribution is 0.886. The van der Waals surface area contributed by atoms with Gasteiger partial charge in [0.05, 0.1) is 5.70 Å². The van der Waals surface area contributed by atoms with Gasteiger partial charge in [-0.25, -0.2) is 0 Å². The predicted molar refractivity (Wildman–Crippen MR) is 60.6 cm³/mol. The van der Waals surface area contributed by atoms with Crippen LogP contribution in [0, 0.1) is 0 Å². The topological polar surface area (TPSA) is 24.7 Å². The van der Waals surface area contributed by atoms with Crippen molar-refractivity contribution < 1.29 is 0 Å². The van der Waals surface area contributed by atoms with E-state index < -0.39 is 0 Å². The van der Waals surface area contributed by atoms with Gasteiger partial charge in [0.25, 0.3) is 0 Å². The Morgan fingerprint density at radius 1 is 1.23 bits per heavy atom. The standard InChI is InChI=1S/C11H20N2/c1-4-7-9-13-11(8-5-2)10-12-6-3/h6,9-10H,4-5,7-8H2,1-3H3/b11-10-,12-6?,13-9?. The lowest BCUT2D eigenvalue weighted by Gasteiger charge is -1.96. The minimum atomic E-state index is 1.01. The fraction of sp³-hybridized carbons (Fsp3) is 0.636. The highest BCUT2D eigenvalue weighted by atomic mass is 14.8. The van der Waals surface area contributed by atoms with Crippen LogP contribution in [0.3, 0.4) is 0 Å². The van der Waals surface area contributed by atoms with Gasteiger partial charge in [-0.1, -0.05) is 26.7 Å². The SMILES string of the molecule is CC=N/C=C(/CCC)N=CCCC. The van der Waals surface area contributed by atoms with Gasteiger partial charge in [0.15, 0.2) is 0 Å². The van der Waals surface area contributed by atoms with Gasteiger partial charge < -0.3 is 0 Å². The van der Waals surface area contributed by atoms with E-state index in [2.05, 4.69) is 23.8 Å². The van der Waals surface area contributed by atoms with Crippen LogP contribution in [-0.2, 0) is 0 Å². The van der Waals surface area contributed by atoms with Crippen molar-refractivity contribution in [2.75, 3.05) is 0 Å². The highest BCUT2D eigenvalue weighted by Crippen LogP contribution is 2.06. The third-order valence-electron chi connectivity index (χ3n) is 1.55. The molecule has 0 unspecified atom stereocenters. The molecule has 0 saturated heterocycles. The lowest BCUT2D eigenvalue weighted by atomic mass is 10.3. The van der Waals surface area contributed by atoms with Crippen LogP contribution in [0.25, 0.3) is 0 Å². The molecule has 13 heavy (non-hydrogen) atoms. The average molecular weight is 180 g/mol. The van der Waals surface area contributed by atoms with Crippen LogP contribution in [-0.4, -0.2) is 12.4 Å². The molecule has 0 aliphatic heterocycles. The van der Waals surface area contributed by atoms with E-state index in [-0.39, 0.29) is 0 Å². The minimum absolute atomic E-state index is 1.01. The number of aliphatic imine (C=N–C) groups is 2. The lowest BCUT2D eigenvalue weighted by Crippen LogP contribution is -1.80. The fourth-order valence-corrected chi connectivity index (χ4v) is 0.890. The first-order chi connectivity index (χ1) is 6.35. The molecule has 0 aliphatic carbocycles. The van der Waals surface area contributed by atoms with E-state index in [1.807, 2.05) is 19.3 Å². The van der Waals surface area contributed by atoms with Crippen LogP contribution in [0.15, 0.2) is 21.9 Å². The zero-order valence-corrected chi connectivity index (χ0v) is 8.95. The molecule has 0 atom stereocenters. The van der Waals surface area contributed by atoms with Crippen LogP contribution >= 0.6 is 0 Å². The number of allylic oxidation sites excluding steroid dienone is 1. The first-order valence-electron chi connectivity index (χ1n) is 5.04. The molecule has 0 amide bonds. The third kappa shape index (κ3) is 7.44. The Balaban J connectivity index is 4.08. The van der Waals surface area contributed by atoms with Gasteiger partial charge >= 0.3 is 0 Å². The Morgan fingerprint density at radius 3 is 2.54 bits per heavy atom. The largest absolute Gasteiger partial charge is 0.267 e. The first kappa shape index (κ1) is 12.1. The van der Waals surface area contributed by atoms with Crippen molar-refractivity contribution in [2.45, 2.75) is 46.5 Å². The summed E-state index contributed by atoms with van der Waals surface area (Å²) in [5, 5.41) is 0. The van der Waals surface area contributed by atoms with Crippen molar-refractivity contribution in [3.63, 3.8) is 0 Å². The summed E-state index contributed by atoms with van der Waals surface area (Å²) in [5.41, 5.74) is 1.08. The maximum Gasteiger partial charge on any atom is 0.0581 e. The van der Waals surface area contributed by atoms with Gasteiger partial charge in [-0.3, -0.25) is 9.98 Å². The van der Waals surface area contributed by atoms with Gasteiger partial charge in [-0.05, 0) is 19.8 Å². The summed E-state index contributed by atoms with van der Waals surface area (Å²) in [4.78, 5) is 8.43. The van der Waals surface area contributed by atoms with E-state index in [4.69, 9.17) is 0 Å². The highest BCUT2D eigenvalue weighted by Gasteiger charge is 1.89. The predicted octanol–water partition coefficient (Wildman–Crippen LogP) is 3.59. The number of rotatable bonds is 6. The number of hydrogen-bond donors (Lipinski definition) is 0. The van der Waals surface area contributed by atoms with Gasteiger partial charge in [-0.15, -0.1) is 0 Å². The quantitative estimate of drug-likeness (QED) is 0.558. The molecule has 0 aromatic rings. The fourth-order valence-electron chi connectivity index (χ4n) is 0.890. The summed E-state index contributed by atoms with van der Waals surface area (Å²) in [7, 11) is 0. The van der Waals surface area contributed by atoms with E-state index in [1.165, 1.54) is 0 Å². The summed E-state index contributed by atoms with van der Waals surface area (Å²) in [5.74, 6) is 0. The molecule has 0 aromatic carbocycles. The highest BCUT2D eigenvalue weighted by molar-refractivity contribution is 5.59. The molecular weight excluding hydrogens is 160 g/mol. The molecule has 0 radical (unpaired) electrons. The van der Waals surface area contributed by atoms with Crippen LogP contribution in [0.2, 0.25) is 0 Å². The molecule has 2 nitrogen and oxygen atoms in total. The Bertz CT molecular complexity index is 190. The van der Waals surface area contributed by atoms with Gasteiger partial charge in [0.2, 0.25) is 0 Å². The number of hydrogen-bond acceptors (Lipinski definition) is 2. The number of unbranched alkanes of at least 4 members (excludes halogenated alkanes) is 1. The third-order valence-corrected chi connectivity index (χ3v) is 1.55. The second-order valence-corrected chi connectivity index (χ2v) is 2.88. The smallest absolute Gasteiger partial charge is 0.0581 e. The Kier molecular flexibility index (Phi) is 8.52. The van der Waals surface area contributed by atoms with Crippen LogP contribution in [0.1, 0.15) is 46.5 Å². The molecule has 2 heteroatoms. The van der Waals surface area contributed by atoms with Gasteiger partial charge in [-0.2, -0.15) is 0 Å². The molecule has 0 bridgehead atoms. The van der Waals surface area contributed by atoms with E-state index in [9.17, 15) is 0 Å². The molecule has 0 N–H and O–H groups in total. The van der Waals surface area contributed by atoms with Crippen molar-refractivity contribution in [3.8, 4) is 0 Å². The molecule has 0 heterocycles. The van der Waals surface area contributed by atoms with Crippen LogP contribution in [0.5, 0.6) is 0 Å². The van der Waals surface area contributed by atoms with E-state index in [0.29, 0.717) is 0 Å². The zero-order valence-electron chi connectivity index (χ0n) is 8.95. The summed E-state index contributed by atoms with van der Waals surface area (Å²) in [6, 6.07) is 0. The van der Waals surface area contributed by atoms with Gasteiger partial charge in [0.1, 0.15) is 0 Å². The molecule has 0 fully saturated rings. The monoisotopic (exact) mass is 180 g/mol. The second kappa shape index (κ2) is 9.17. The first-order valence-corrected chi connectivity index (χ1v) is 5.04. The zero-order chi connectivity index (χ0) is 9.94. The Morgan fingerprint density at radius 2 is 2.00 bits per heavy atom. The molecule has 0 spiro atoms. The molecule has 0 rings (SSSR count). The summed E-state index contributed by atoms with van der Waals surface area (Å²) in [6.45, 7) is 6.22. The van der Waals surface area contributed by atoms with E-state index in [0.717, 1.165) is 31.4 Å². The summed E-state index contributed by atoms with van der Waals surface area (Å²) >= 11 is 0. The maximum atomic E-state index is 4.36. The second-order valence-electron chi connectivity index (χ2n) is 2.88. The van der Waals surface area contributed by atoms with Gasteiger partial charge in [0, 0.05) is 18.6 Å². The van der Waals surface area contributed by atoms with Crippen LogP contribution < -0.4 is 0 Å². The normalized spacial score (nSPS) is 13.3. The van der Waals surface area contributed by atoms with Crippen molar-refractivity contribution in [3.05, 3.63) is 11.9 Å². The van der Waals surface area contributed by atoms with Crippen molar-refractivity contribution in [2.24, 2.45) is 9.98 Å². The molecular formula is C11H20N2. The maximum absolute atomic E-state index is 4.36. The number of nitrogens with zero attached hydrogens (tertiary/aromatic N) is 2. The molecule has 74 valence electrons. The Hall–Kier alpha value is -0.920. The van der Waals surface area contributed by atoms with E-state index in [1.54, 1.807) is 6.21 Å². The average Bonchev–Trinajstić information content (AvgIpc) is 2.14. The Labute approximate surface area is 81.5 Å². The summed E-state index contributed by atoms with van der Waals surface area (Å²) in [6.07, 6.45) is 9.94. The minimum Gasteiger partial charge on any atom is -0.267 e. The molecule has 0 aromatic heterocycles. The van der Waals surface area contributed by atoms with Crippen LogP contribution in [0.4, 0.5) is 0 Å². The van der Waals surface area contributed by atoms with Crippen molar-refractivity contribution in [1.82, 2.24) is 0 Å². The van der Waals surface area contributed by atoms with Crippen molar-refractivity contribution >= 4 is 12.4 Å².